The normalized spacial score (nSPS) is 21.1. The van der Waals surface area contributed by atoms with Gasteiger partial charge in [0.25, 0.3) is 0 Å². The van der Waals surface area contributed by atoms with Crippen molar-refractivity contribution in [1.82, 2.24) is 0 Å². The third kappa shape index (κ3) is 3.56. The van der Waals surface area contributed by atoms with Crippen molar-refractivity contribution in [2.45, 2.75) is 58.3 Å². The van der Waals surface area contributed by atoms with E-state index < -0.39 is 0 Å². The van der Waals surface area contributed by atoms with E-state index in [1.54, 1.807) is 19.4 Å². The molecule has 0 amide bonds. The van der Waals surface area contributed by atoms with Crippen molar-refractivity contribution in [3.05, 3.63) is 63.9 Å². The summed E-state index contributed by atoms with van der Waals surface area (Å²) in [5, 5.41) is 3.92. The van der Waals surface area contributed by atoms with Crippen LogP contribution in [0.1, 0.15) is 62.8 Å². The number of fused-ring (bicyclic) bond motifs is 1. The molecule has 0 aromatic heterocycles. The van der Waals surface area contributed by atoms with Gasteiger partial charge in [-0.1, -0.05) is 33.8 Å². The molecule has 1 atom stereocenters. The maximum Gasteiger partial charge on any atom is 0.142 e. The molecule has 0 radical (unpaired) electrons. The minimum Gasteiger partial charge on any atom is -0.496 e. The number of methoxy groups -OCH3 is 1. The number of rotatable bonds is 3. The van der Waals surface area contributed by atoms with Crippen molar-refractivity contribution in [3.63, 3.8) is 0 Å². The highest BCUT2D eigenvalue weighted by atomic mass is 32.2. The number of ether oxygens (including phenoxy) is 1. The van der Waals surface area contributed by atoms with Crippen LogP contribution in [0.2, 0.25) is 0 Å². The fourth-order valence-corrected chi connectivity index (χ4v) is 5.65. The molecule has 4 rings (SSSR count). The number of benzene rings is 2. The second-order valence-corrected chi connectivity index (χ2v) is 11.1. The largest absolute Gasteiger partial charge is 0.496 e. The minimum absolute atomic E-state index is 0.0627. The van der Waals surface area contributed by atoms with Crippen LogP contribution in [0.15, 0.2) is 40.9 Å². The standard InChI is InChI=1S/C26H30FNOS/c1-17-13-20-21(26(4,5)10-9-25(20,2)3)14-19(17)23-22(29-6)8-7-18(24(23)27)15-30-12-11-28-16-30/h7-8,11-16H,9-10H2,1-6H3. The predicted molar refractivity (Wildman–Crippen MR) is 129 cm³/mol. The van der Waals surface area contributed by atoms with Crippen LogP contribution in [0, 0.1) is 12.7 Å². The van der Waals surface area contributed by atoms with Crippen molar-refractivity contribution in [2.24, 2.45) is 4.99 Å². The van der Waals surface area contributed by atoms with E-state index in [0.29, 0.717) is 16.9 Å². The average molecular weight is 424 g/mol. The van der Waals surface area contributed by atoms with Gasteiger partial charge in [-0.15, -0.1) is 10.5 Å². The molecule has 1 heterocycles. The number of halogens is 1. The highest BCUT2D eigenvalue weighted by Gasteiger charge is 2.37. The number of hydrogen-bond donors (Lipinski definition) is 0. The second-order valence-electron chi connectivity index (χ2n) is 9.59. The van der Waals surface area contributed by atoms with Gasteiger partial charge in [0.15, 0.2) is 0 Å². The summed E-state index contributed by atoms with van der Waals surface area (Å²) in [6.07, 6.45) is 4.04. The van der Waals surface area contributed by atoms with Gasteiger partial charge in [0.1, 0.15) is 11.6 Å². The zero-order valence-corrected chi connectivity index (χ0v) is 19.5. The summed E-state index contributed by atoms with van der Waals surface area (Å²) >= 11 is 0. The zero-order chi connectivity index (χ0) is 21.7. The first kappa shape index (κ1) is 21.0. The molecule has 2 aliphatic rings. The highest BCUT2D eigenvalue weighted by molar-refractivity contribution is 8.29. The molecule has 2 aromatic rings. The lowest BCUT2D eigenvalue weighted by Gasteiger charge is -2.42. The Morgan fingerprint density at radius 1 is 1.07 bits per heavy atom. The van der Waals surface area contributed by atoms with Gasteiger partial charge in [-0.3, -0.25) is 4.99 Å². The van der Waals surface area contributed by atoms with Gasteiger partial charge >= 0.3 is 0 Å². The van der Waals surface area contributed by atoms with Crippen LogP contribution in [-0.4, -0.2) is 18.0 Å². The van der Waals surface area contributed by atoms with Crippen LogP contribution in [0.4, 0.5) is 4.39 Å². The maximum absolute atomic E-state index is 15.8. The number of aliphatic imine (C=N–C) groups is 1. The monoisotopic (exact) mass is 423 g/mol. The number of nitrogens with zero attached hydrogens (tertiary/aromatic N) is 1. The molecule has 0 spiro atoms. The SMILES string of the molecule is COc1ccc(C=S2C=CN=C2)c(F)c1-c1cc2c(cc1C)C(C)(C)CCC2(C)C. The molecule has 0 saturated heterocycles. The Labute approximate surface area is 181 Å². The highest BCUT2D eigenvalue weighted by Crippen LogP contribution is 2.48. The quantitative estimate of drug-likeness (QED) is 0.483. The minimum atomic E-state index is -0.270. The van der Waals surface area contributed by atoms with Gasteiger partial charge in [0, 0.05) is 11.8 Å². The third-order valence-electron chi connectivity index (χ3n) is 6.57. The maximum atomic E-state index is 15.8. The Hall–Kier alpha value is -2.20. The van der Waals surface area contributed by atoms with E-state index >= 15 is 4.39 Å². The summed E-state index contributed by atoms with van der Waals surface area (Å²) in [6.45, 7) is 11.3. The molecule has 2 aromatic carbocycles. The Balaban J connectivity index is 1.96. The van der Waals surface area contributed by atoms with Crippen molar-refractivity contribution < 1.29 is 9.13 Å². The van der Waals surface area contributed by atoms with Gasteiger partial charge in [0.05, 0.1) is 18.2 Å². The molecule has 0 fully saturated rings. The molecule has 0 bridgehead atoms. The van der Waals surface area contributed by atoms with E-state index in [1.165, 1.54) is 11.1 Å². The topological polar surface area (TPSA) is 21.6 Å². The first-order valence-electron chi connectivity index (χ1n) is 10.4. The molecule has 0 saturated carbocycles. The average Bonchev–Trinajstić information content (AvgIpc) is 3.20. The van der Waals surface area contributed by atoms with E-state index in [1.807, 2.05) is 22.4 Å². The summed E-state index contributed by atoms with van der Waals surface area (Å²) < 4.78 is 21.4. The predicted octanol–water partition coefficient (Wildman–Crippen LogP) is 7.09. The summed E-state index contributed by atoms with van der Waals surface area (Å²) in [7, 11) is 1.34. The number of hydrogen-bond acceptors (Lipinski definition) is 2. The van der Waals surface area contributed by atoms with E-state index in [0.717, 1.165) is 24.0 Å². The summed E-state index contributed by atoms with van der Waals surface area (Å²) in [4.78, 5) is 4.13. The van der Waals surface area contributed by atoms with Gasteiger partial charge < -0.3 is 4.74 Å². The summed E-state index contributed by atoms with van der Waals surface area (Å²) in [5.74, 6) is 0.339. The lowest BCUT2D eigenvalue weighted by molar-refractivity contribution is 0.332. The molecular weight excluding hydrogens is 393 g/mol. The molecular formula is C26H30FNOS. The molecule has 0 N–H and O–H groups in total. The summed E-state index contributed by atoms with van der Waals surface area (Å²) in [5.41, 5.74) is 7.88. The van der Waals surface area contributed by atoms with E-state index in [9.17, 15) is 0 Å². The molecule has 158 valence electrons. The first-order valence-corrected chi connectivity index (χ1v) is 11.8. The van der Waals surface area contributed by atoms with Gasteiger partial charge in [-0.25, -0.2) is 4.39 Å². The first-order chi connectivity index (χ1) is 14.1. The Morgan fingerprint density at radius 3 is 2.33 bits per heavy atom. The van der Waals surface area contributed by atoms with E-state index in [4.69, 9.17) is 4.74 Å². The Kier molecular flexibility index (Phi) is 5.26. The van der Waals surface area contributed by atoms with Crippen LogP contribution >= 0.6 is 10.5 Å². The fraction of sp³-hybridized carbons (Fsp3) is 0.385. The lowest BCUT2D eigenvalue weighted by atomic mass is 9.62. The molecule has 4 heteroatoms. The number of aryl methyl sites for hydroxylation is 1. The Bertz CT molecular complexity index is 1090. The van der Waals surface area contributed by atoms with Gasteiger partial charge in [-0.05, 0) is 81.8 Å². The van der Waals surface area contributed by atoms with Gasteiger partial charge in [0.2, 0.25) is 0 Å². The van der Waals surface area contributed by atoms with Crippen molar-refractivity contribution >= 4 is 21.4 Å². The fourth-order valence-electron chi connectivity index (χ4n) is 4.54. The zero-order valence-electron chi connectivity index (χ0n) is 18.7. The van der Waals surface area contributed by atoms with Crippen LogP contribution in [-0.2, 0) is 10.8 Å². The summed E-state index contributed by atoms with van der Waals surface area (Å²) in [6, 6.07) is 8.16. The molecule has 1 aliphatic heterocycles. The van der Waals surface area contributed by atoms with Crippen LogP contribution < -0.4 is 4.74 Å². The second kappa shape index (κ2) is 7.49. The van der Waals surface area contributed by atoms with Crippen LogP contribution in [0.3, 0.4) is 0 Å². The van der Waals surface area contributed by atoms with E-state index in [-0.39, 0.29) is 27.1 Å². The van der Waals surface area contributed by atoms with Crippen molar-refractivity contribution in [3.8, 4) is 16.9 Å². The molecule has 1 aliphatic carbocycles. The van der Waals surface area contributed by atoms with Crippen molar-refractivity contribution in [2.75, 3.05) is 7.11 Å². The molecule has 2 nitrogen and oxygen atoms in total. The van der Waals surface area contributed by atoms with Crippen LogP contribution in [0.5, 0.6) is 5.75 Å². The van der Waals surface area contributed by atoms with Crippen molar-refractivity contribution in [1.29, 1.82) is 0 Å². The third-order valence-corrected chi connectivity index (χ3v) is 7.90. The Morgan fingerprint density at radius 2 is 1.73 bits per heavy atom. The lowest BCUT2D eigenvalue weighted by Crippen LogP contribution is -2.34. The molecule has 1 unspecified atom stereocenters. The molecule has 30 heavy (non-hydrogen) atoms. The van der Waals surface area contributed by atoms with Gasteiger partial charge in [-0.2, -0.15) is 0 Å². The smallest absolute Gasteiger partial charge is 0.142 e. The van der Waals surface area contributed by atoms with Crippen LogP contribution in [0.25, 0.3) is 11.1 Å². The van der Waals surface area contributed by atoms with E-state index in [2.05, 4.69) is 51.7 Å².